The second kappa shape index (κ2) is 8.86. The van der Waals surface area contributed by atoms with E-state index < -0.39 is 12.0 Å². The summed E-state index contributed by atoms with van der Waals surface area (Å²) in [4.78, 5) is 40.1. The van der Waals surface area contributed by atoms with Gasteiger partial charge in [0, 0.05) is 12.4 Å². The molecule has 0 fully saturated rings. The number of thioether (sulfide) groups is 1. The number of aliphatic carboxylic acids is 1. The Morgan fingerprint density at radius 1 is 1.40 bits per heavy atom. The SMILES string of the molecule is O=CNC(CCSCC(=O)Nc1ncccn1)C(=O)O. The van der Waals surface area contributed by atoms with Gasteiger partial charge in [-0.15, -0.1) is 0 Å². The first-order chi connectivity index (χ1) is 9.63. The molecule has 0 aliphatic rings. The van der Waals surface area contributed by atoms with Gasteiger partial charge >= 0.3 is 5.97 Å². The number of rotatable bonds is 9. The smallest absolute Gasteiger partial charge is 0.326 e. The highest BCUT2D eigenvalue weighted by atomic mass is 32.2. The molecule has 3 N–H and O–H groups in total. The molecular weight excluding hydrogens is 284 g/mol. The Morgan fingerprint density at radius 2 is 2.10 bits per heavy atom. The lowest BCUT2D eigenvalue weighted by Gasteiger charge is -2.10. The molecule has 1 atom stereocenters. The first kappa shape index (κ1) is 15.9. The molecule has 0 bridgehead atoms. The van der Waals surface area contributed by atoms with Crippen LogP contribution in [0.4, 0.5) is 5.95 Å². The van der Waals surface area contributed by atoms with Gasteiger partial charge in [-0.2, -0.15) is 11.8 Å². The summed E-state index contributed by atoms with van der Waals surface area (Å²) in [7, 11) is 0. The van der Waals surface area contributed by atoms with Crippen molar-refractivity contribution in [3.8, 4) is 0 Å². The van der Waals surface area contributed by atoms with Crippen LogP contribution < -0.4 is 10.6 Å². The highest BCUT2D eigenvalue weighted by molar-refractivity contribution is 7.99. The van der Waals surface area contributed by atoms with Gasteiger partial charge in [-0.25, -0.2) is 14.8 Å². The predicted molar refractivity (Wildman–Crippen MR) is 73.2 cm³/mol. The average molecular weight is 298 g/mol. The van der Waals surface area contributed by atoms with Crippen molar-refractivity contribution in [2.24, 2.45) is 0 Å². The van der Waals surface area contributed by atoms with E-state index in [9.17, 15) is 14.4 Å². The minimum absolute atomic E-state index is 0.158. The number of anilines is 1. The van der Waals surface area contributed by atoms with Gasteiger partial charge in [0.05, 0.1) is 5.75 Å². The van der Waals surface area contributed by atoms with Crippen LogP contribution in [0.5, 0.6) is 0 Å². The van der Waals surface area contributed by atoms with E-state index in [1.165, 1.54) is 24.2 Å². The molecule has 1 unspecified atom stereocenters. The molecule has 9 heteroatoms. The van der Waals surface area contributed by atoms with Crippen molar-refractivity contribution in [1.29, 1.82) is 0 Å². The number of nitrogens with one attached hydrogen (secondary N) is 2. The molecule has 0 aromatic carbocycles. The molecule has 8 nitrogen and oxygen atoms in total. The second-order valence-corrected chi connectivity index (χ2v) is 4.74. The van der Waals surface area contributed by atoms with Crippen LogP contribution in [0.2, 0.25) is 0 Å². The molecular formula is C11H14N4O4S. The zero-order valence-corrected chi connectivity index (χ0v) is 11.3. The molecule has 1 aromatic heterocycles. The van der Waals surface area contributed by atoms with Gasteiger partial charge in [0.2, 0.25) is 18.3 Å². The largest absolute Gasteiger partial charge is 0.480 e. The molecule has 108 valence electrons. The van der Waals surface area contributed by atoms with Crippen molar-refractivity contribution < 1.29 is 19.5 Å². The summed E-state index contributed by atoms with van der Waals surface area (Å²) in [6, 6.07) is 0.705. The van der Waals surface area contributed by atoms with Gasteiger partial charge in [0.15, 0.2) is 0 Å². The van der Waals surface area contributed by atoms with Crippen molar-refractivity contribution in [3.05, 3.63) is 18.5 Å². The Hall–Kier alpha value is -2.16. The van der Waals surface area contributed by atoms with Crippen LogP contribution in [0.15, 0.2) is 18.5 Å². The monoisotopic (exact) mass is 298 g/mol. The quantitative estimate of drug-likeness (QED) is 0.424. The predicted octanol–water partition coefficient (Wildman–Crippen LogP) is -0.262. The van der Waals surface area contributed by atoms with Gasteiger partial charge in [-0.05, 0) is 18.2 Å². The Bertz CT molecular complexity index is 457. The molecule has 0 spiro atoms. The van der Waals surface area contributed by atoms with Crippen LogP contribution in [-0.4, -0.2) is 50.9 Å². The molecule has 2 amide bonds. The number of hydrogen-bond donors (Lipinski definition) is 3. The van der Waals surface area contributed by atoms with Crippen molar-refractivity contribution in [2.75, 3.05) is 16.8 Å². The van der Waals surface area contributed by atoms with Crippen LogP contribution in [0, 0.1) is 0 Å². The lowest BCUT2D eigenvalue weighted by Crippen LogP contribution is -2.36. The molecule has 1 aromatic rings. The molecule has 0 saturated carbocycles. The molecule has 0 saturated heterocycles. The van der Waals surface area contributed by atoms with Gasteiger partial charge in [0.25, 0.3) is 0 Å². The fourth-order valence-electron chi connectivity index (χ4n) is 1.25. The van der Waals surface area contributed by atoms with E-state index in [0.717, 1.165) is 0 Å². The minimum Gasteiger partial charge on any atom is -0.480 e. The maximum absolute atomic E-state index is 11.5. The number of hydrogen-bond acceptors (Lipinski definition) is 6. The molecule has 1 rings (SSSR count). The number of nitrogens with zero attached hydrogens (tertiary/aromatic N) is 2. The molecule has 0 radical (unpaired) electrons. The fraction of sp³-hybridized carbons (Fsp3) is 0.364. The Morgan fingerprint density at radius 3 is 2.70 bits per heavy atom. The van der Waals surface area contributed by atoms with E-state index in [0.29, 0.717) is 12.2 Å². The van der Waals surface area contributed by atoms with Crippen LogP contribution in [0.1, 0.15) is 6.42 Å². The van der Waals surface area contributed by atoms with Crippen molar-refractivity contribution in [1.82, 2.24) is 15.3 Å². The minimum atomic E-state index is -1.10. The van der Waals surface area contributed by atoms with Crippen LogP contribution in [-0.2, 0) is 14.4 Å². The van der Waals surface area contributed by atoms with Crippen LogP contribution >= 0.6 is 11.8 Å². The Labute approximate surface area is 119 Å². The van der Waals surface area contributed by atoms with E-state index >= 15 is 0 Å². The molecule has 20 heavy (non-hydrogen) atoms. The maximum atomic E-state index is 11.5. The maximum Gasteiger partial charge on any atom is 0.326 e. The first-order valence-corrected chi connectivity index (χ1v) is 6.86. The van der Waals surface area contributed by atoms with Crippen LogP contribution in [0.25, 0.3) is 0 Å². The first-order valence-electron chi connectivity index (χ1n) is 5.70. The van der Waals surface area contributed by atoms with E-state index in [1.807, 2.05) is 0 Å². The van der Waals surface area contributed by atoms with E-state index in [1.54, 1.807) is 6.07 Å². The summed E-state index contributed by atoms with van der Waals surface area (Å²) < 4.78 is 0. The fourth-order valence-corrected chi connectivity index (χ4v) is 2.05. The summed E-state index contributed by atoms with van der Waals surface area (Å²) in [5, 5.41) is 13.5. The summed E-state index contributed by atoms with van der Waals surface area (Å²) in [6.07, 6.45) is 3.62. The zero-order valence-electron chi connectivity index (χ0n) is 10.5. The van der Waals surface area contributed by atoms with Crippen molar-refractivity contribution in [2.45, 2.75) is 12.5 Å². The lowest BCUT2D eigenvalue weighted by molar-refractivity contribution is -0.140. The number of amides is 2. The van der Waals surface area contributed by atoms with E-state index in [2.05, 4.69) is 20.6 Å². The van der Waals surface area contributed by atoms with Crippen molar-refractivity contribution >= 4 is 36.0 Å². The Kier molecular flexibility index (Phi) is 7.04. The summed E-state index contributed by atoms with van der Waals surface area (Å²) in [5.41, 5.74) is 0. The second-order valence-electron chi connectivity index (χ2n) is 3.64. The van der Waals surface area contributed by atoms with E-state index in [4.69, 9.17) is 5.11 Å². The zero-order chi connectivity index (χ0) is 14.8. The normalized spacial score (nSPS) is 11.4. The standard InChI is InChI=1S/C11H14N4O4S/c16-7-14-8(10(18)19)2-5-20-6-9(17)15-11-12-3-1-4-13-11/h1,3-4,7-8H,2,5-6H2,(H,14,16)(H,18,19)(H,12,13,15,17). The van der Waals surface area contributed by atoms with Gasteiger partial charge in [0.1, 0.15) is 6.04 Å². The number of carbonyl (C=O) groups excluding carboxylic acids is 2. The average Bonchev–Trinajstić information content (AvgIpc) is 2.43. The topological polar surface area (TPSA) is 121 Å². The van der Waals surface area contributed by atoms with Crippen LogP contribution in [0.3, 0.4) is 0 Å². The third kappa shape index (κ3) is 6.14. The molecule has 0 aliphatic carbocycles. The summed E-state index contributed by atoms with van der Waals surface area (Å²) >= 11 is 1.27. The Balaban J connectivity index is 2.22. The summed E-state index contributed by atoms with van der Waals surface area (Å²) in [5.74, 6) is -0.549. The number of aromatic nitrogens is 2. The van der Waals surface area contributed by atoms with Gasteiger partial charge in [-0.1, -0.05) is 0 Å². The highest BCUT2D eigenvalue weighted by Crippen LogP contribution is 2.06. The number of carbonyl (C=O) groups is 3. The molecule has 1 heterocycles. The lowest BCUT2D eigenvalue weighted by atomic mass is 10.2. The third-order valence-electron chi connectivity index (χ3n) is 2.17. The van der Waals surface area contributed by atoms with Gasteiger partial charge in [-0.3, -0.25) is 14.9 Å². The summed E-state index contributed by atoms with van der Waals surface area (Å²) in [6.45, 7) is 0. The molecule has 0 aliphatic heterocycles. The van der Waals surface area contributed by atoms with Gasteiger partial charge < -0.3 is 10.4 Å². The van der Waals surface area contributed by atoms with Crippen molar-refractivity contribution in [3.63, 3.8) is 0 Å². The number of carboxylic acids is 1. The van der Waals surface area contributed by atoms with E-state index in [-0.39, 0.29) is 24.0 Å². The highest BCUT2D eigenvalue weighted by Gasteiger charge is 2.15. The third-order valence-corrected chi connectivity index (χ3v) is 3.16. The number of carboxylic acid groups (broad SMARTS) is 1.